The van der Waals surface area contributed by atoms with Gasteiger partial charge in [-0.1, -0.05) is 6.07 Å². The van der Waals surface area contributed by atoms with Gasteiger partial charge in [0.05, 0.1) is 23.4 Å². The van der Waals surface area contributed by atoms with Crippen LogP contribution < -0.4 is 0 Å². The molecule has 1 rings (SSSR count). The largest absolute Gasteiger partial charge is 0.311 e. The van der Waals surface area contributed by atoms with E-state index in [1.165, 1.54) is 0 Å². The molecule has 0 aromatic carbocycles. The van der Waals surface area contributed by atoms with E-state index in [2.05, 4.69) is 25.1 Å². The molecule has 1 aromatic heterocycles. The summed E-state index contributed by atoms with van der Waals surface area (Å²) in [6.07, 6.45) is 3.50. The van der Waals surface area contributed by atoms with Gasteiger partial charge >= 0.3 is 0 Å². The van der Waals surface area contributed by atoms with Crippen LogP contribution in [0.2, 0.25) is 0 Å². The summed E-state index contributed by atoms with van der Waals surface area (Å²) in [5.41, 5.74) is 0. The zero-order chi connectivity index (χ0) is 6.95. The van der Waals surface area contributed by atoms with Gasteiger partial charge < -0.3 is 3.83 Å². The Hall–Kier alpha value is 0.109. The Kier molecular flexibility index (Phi) is 15.1. The van der Waals surface area contributed by atoms with Gasteiger partial charge in [-0.3, -0.25) is 4.98 Å². The molecule has 0 bridgehead atoms. The molecule has 0 saturated carbocycles. The van der Waals surface area contributed by atoms with Gasteiger partial charge in [0.25, 0.3) is 0 Å². The number of pyridine rings is 1. The number of hydrogen-bond acceptors (Lipinski definition) is 2. The summed E-state index contributed by atoms with van der Waals surface area (Å²) >= 11 is 2.65. The van der Waals surface area contributed by atoms with E-state index in [9.17, 15) is 0 Å². The van der Waals surface area contributed by atoms with Crippen LogP contribution in [0.4, 0.5) is 0 Å². The van der Waals surface area contributed by atoms with E-state index in [1.54, 1.807) is 19.5 Å². The van der Waals surface area contributed by atoms with Gasteiger partial charge in [-0.2, -0.15) is 0 Å². The van der Waals surface area contributed by atoms with Crippen LogP contribution in [0, 0.1) is 0 Å². The Labute approximate surface area is 79.9 Å². The zero-order valence-corrected chi connectivity index (χ0v) is 7.95. The van der Waals surface area contributed by atoms with Crippen LogP contribution >= 0.6 is 16.3 Å². The van der Waals surface area contributed by atoms with Crippen molar-refractivity contribution in [2.75, 3.05) is 7.11 Å². The minimum absolute atomic E-state index is 0. The third-order valence-corrected chi connectivity index (χ3v) is 0.566. The smallest absolute Gasteiger partial charge is 0.0984 e. The molecule has 0 fully saturated rings. The summed E-state index contributed by atoms with van der Waals surface area (Å²) in [4.78, 5) is 3.78. The molecule has 0 aliphatic carbocycles. The fraction of sp³-hybridized carbons (Fsp3) is 0.167. The molecule has 61 valence electrons. The van der Waals surface area contributed by atoms with Crippen LogP contribution in [0.15, 0.2) is 30.6 Å². The van der Waals surface area contributed by atoms with Crippen molar-refractivity contribution in [1.82, 2.24) is 4.98 Å². The third-order valence-electron chi connectivity index (χ3n) is 0.566. The van der Waals surface area contributed by atoms with Gasteiger partial charge in [0.15, 0.2) is 0 Å². The predicted octanol–water partition coefficient (Wildman–Crippen LogP) is 2.02. The quantitative estimate of drug-likeness (QED) is 0.660. The molecule has 0 aliphatic rings. The topological polar surface area (TPSA) is 22.1 Å². The second-order valence-electron chi connectivity index (χ2n) is 1.18. The van der Waals surface area contributed by atoms with Crippen molar-refractivity contribution in [3.8, 4) is 0 Å². The minimum Gasteiger partial charge on any atom is -0.311 e. The molecule has 10 heavy (non-hydrogen) atoms. The molecule has 1 aromatic rings. The SMILES string of the molecule is COBr.[Cu].c1ccncc1. The first kappa shape index (κ1) is 12.8. The van der Waals surface area contributed by atoms with E-state index in [0.717, 1.165) is 0 Å². The summed E-state index contributed by atoms with van der Waals surface area (Å²) < 4.78 is 4.06. The van der Waals surface area contributed by atoms with Crippen LogP contribution in [-0.4, -0.2) is 12.1 Å². The average molecular weight is 254 g/mol. The minimum atomic E-state index is 0. The van der Waals surface area contributed by atoms with Crippen LogP contribution in [0.5, 0.6) is 0 Å². The van der Waals surface area contributed by atoms with E-state index in [-0.39, 0.29) is 17.1 Å². The molecule has 0 spiro atoms. The summed E-state index contributed by atoms with van der Waals surface area (Å²) in [5, 5.41) is 0. The molecule has 4 heteroatoms. The number of nitrogens with zero attached hydrogens (tertiary/aromatic N) is 1. The van der Waals surface area contributed by atoms with E-state index in [1.807, 2.05) is 18.2 Å². The Morgan fingerprint density at radius 2 is 1.60 bits per heavy atom. The van der Waals surface area contributed by atoms with E-state index < -0.39 is 0 Å². The monoisotopic (exact) mass is 252 g/mol. The van der Waals surface area contributed by atoms with Gasteiger partial charge in [0, 0.05) is 29.5 Å². The predicted molar refractivity (Wildman–Crippen MR) is 40.2 cm³/mol. The van der Waals surface area contributed by atoms with E-state index >= 15 is 0 Å². The Morgan fingerprint density at radius 3 is 1.70 bits per heavy atom. The number of aromatic nitrogens is 1. The maximum atomic E-state index is 4.06. The fourth-order valence-electron chi connectivity index (χ4n) is 0.313. The molecule has 0 atom stereocenters. The Balaban J connectivity index is 0. The van der Waals surface area contributed by atoms with Crippen molar-refractivity contribution < 1.29 is 20.9 Å². The second kappa shape index (κ2) is 11.9. The van der Waals surface area contributed by atoms with Gasteiger partial charge in [-0.25, -0.2) is 0 Å². The van der Waals surface area contributed by atoms with Crippen LogP contribution in [0.25, 0.3) is 0 Å². The molecule has 1 heterocycles. The first-order valence-electron chi connectivity index (χ1n) is 2.41. The first-order valence-corrected chi connectivity index (χ1v) is 3.06. The summed E-state index contributed by atoms with van der Waals surface area (Å²) in [7, 11) is 1.54. The van der Waals surface area contributed by atoms with Crippen LogP contribution in [-0.2, 0) is 20.9 Å². The molecule has 0 N–H and O–H groups in total. The first-order chi connectivity index (χ1) is 4.41. The van der Waals surface area contributed by atoms with Gasteiger partial charge in [-0.15, -0.1) is 0 Å². The third kappa shape index (κ3) is 11.0. The van der Waals surface area contributed by atoms with E-state index in [0.29, 0.717) is 0 Å². The average Bonchev–Trinajstić information content (AvgIpc) is 1.93. The normalized spacial score (nSPS) is 6.60. The molecule has 0 saturated heterocycles. The summed E-state index contributed by atoms with van der Waals surface area (Å²) in [6, 6.07) is 5.72. The van der Waals surface area contributed by atoms with Crippen LogP contribution in [0.1, 0.15) is 0 Å². The van der Waals surface area contributed by atoms with Crippen molar-refractivity contribution in [2.24, 2.45) is 0 Å². The van der Waals surface area contributed by atoms with Crippen LogP contribution in [0.3, 0.4) is 0 Å². The number of rotatable bonds is 0. The maximum absolute atomic E-state index is 4.06. The maximum Gasteiger partial charge on any atom is 0.0984 e. The summed E-state index contributed by atoms with van der Waals surface area (Å²) in [5.74, 6) is 0. The molecular weight excluding hydrogens is 246 g/mol. The van der Waals surface area contributed by atoms with Crippen molar-refractivity contribution in [3.05, 3.63) is 30.6 Å². The van der Waals surface area contributed by atoms with Gasteiger partial charge in [0.2, 0.25) is 0 Å². The van der Waals surface area contributed by atoms with Crippen molar-refractivity contribution in [3.63, 3.8) is 0 Å². The van der Waals surface area contributed by atoms with Gasteiger partial charge in [0.1, 0.15) is 0 Å². The number of hydrogen-bond donors (Lipinski definition) is 0. The molecular formula is C6H8BrCuNO. The molecule has 0 unspecified atom stereocenters. The summed E-state index contributed by atoms with van der Waals surface area (Å²) in [6.45, 7) is 0. The van der Waals surface area contributed by atoms with Crippen molar-refractivity contribution in [2.45, 2.75) is 0 Å². The molecule has 1 radical (unpaired) electrons. The molecule has 2 nitrogen and oxygen atoms in total. The molecule has 0 amide bonds. The van der Waals surface area contributed by atoms with Crippen molar-refractivity contribution >= 4 is 16.3 Å². The molecule has 0 aliphatic heterocycles. The fourth-order valence-corrected chi connectivity index (χ4v) is 0.313. The van der Waals surface area contributed by atoms with Crippen molar-refractivity contribution in [1.29, 1.82) is 0 Å². The zero-order valence-electron chi connectivity index (χ0n) is 5.42. The Morgan fingerprint density at radius 1 is 1.20 bits per heavy atom. The van der Waals surface area contributed by atoms with E-state index in [4.69, 9.17) is 0 Å². The standard InChI is InChI=1S/C5H5N.CH3BrO.Cu/c1-2-4-6-5-3-1;1-3-2;/h1-5H;1H3;. The Bertz CT molecular complexity index is 101. The van der Waals surface area contributed by atoms with Gasteiger partial charge in [-0.05, 0) is 12.1 Å². The second-order valence-corrected chi connectivity index (χ2v) is 1.83. The number of halogens is 1.